The van der Waals surface area contributed by atoms with E-state index in [1.54, 1.807) is 36.4 Å². The normalized spacial score (nSPS) is 10.3. The van der Waals surface area contributed by atoms with Gasteiger partial charge in [0, 0.05) is 22.2 Å². The number of para-hydroxylation sites is 2. The Balaban J connectivity index is 0.000000167. The maximum absolute atomic E-state index is 11.0. The average Bonchev–Trinajstić information content (AvgIpc) is 2.83. The molecule has 7 nitrogen and oxygen atoms in total. The Hall–Kier alpha value is -4.78. The Morgan fingerprint density at radius 3 is 1.31 bits per heavy atom. The van der Waals surface area contributed by atoms with Gasteiger partial charge in [0.1, 0.15) is 5.75 Å². The van der Waals surface area contributed by atoms with Gasteiger partial charge >= 0.3 is 11.9 Å². The molecule has 0 fully saturated rings. The quantitative estimate of drug-likeness (QED) is 0.225. The number of benzene rings is 3. The molecule has 0 saturated heterocycles. The van der Waals surface area contributed by atoms with E-state index in [0.29, 0.717) is 16.8 Å². The summed E-state index contributed by atoms with van der Waals surface area (Å²) in [6, 6.07) is 19.9. The second-order valence-electron chi connectivity index (χ2n) is 9.52. The molecule has 5 aromatic rings. The van der Waals surface area contributed by atoms with Gasteiger partial charge in [-0.2, -0.15) is 0 Å². The molecule has 0 amide bonds. The van der Waals surface area contributed by atoms with Gasteiger partial charge in [-0.15, -0.1) is 0 Å². The molecule has 2 aromatic heterocycles. The van der Waals surface area contributed by atoms with Crippen LogP contribution in [0.25, 0.3) is 21.8 Å². The van der Waals surface area contributed by atoms with Crippen LogP contribution in [0.15, 0.2) is 66.7 Å². The molecule has 0 unspecified atom stereocenters. The van der Waals surface area contributed by atoms with E-state index >= 15 is 0 Å². The summed E-state index contributed by atoms with van der Waals surface area (Å²) >= 11 is 0. The summed E-state index contributed by atoms with van der Waals surface area (Å²) in [6.45, 7) is 11.6. The Morgan fingerprint density at radius 2 is 0.974 bits per heavy atom. The topological polar surface area (TPSA) is 121 Å². The summed E-state index contributed by atoms with van der Waals surface area (Å²) in [4.78, 5) is 30.5. The Kier molecular flexibility index (Phi) is 8.99. The van der Waals surface area contributed by atoms with Crippen LogP contribution in [0.2, 0.25) is 0 Å². The summed E-state index contributed by atoms with van der Waals surface area (Å²) in [5.74, 6) is -1.51. The zero-order valence-electron chi connectivity index (χ0n) is 22.9. The molecule has 0 aliphatic carbocycles. The van der Waals surface area contributed by atoms with Crippen molar-refractivity contribution in [3.63, 3.8) is 0 Å². The highest BCUT2D eigenvalue weighted by molar-refractivity contribution is 6.03. The third-order valence-corrected chi connectivity index (χ3v) is 6.02. The highest BCUT2D eigenvalue weighted by atomic mass is 16.4. The molecule has 39 heavy (non-hydrogen) atoms. The van der Waals surface area contributed by atoms with Gasteiger partial charge in [-0.1, -0.05) is 30.3 Å². The Labute approximate surface area is 227 Å². The molecule has 0 aliphatic rings. The zero-order chi connectivity index (χ0) is 28.9. The fraction of sp³-hybridized carbons (Fsp3) is 0.188. The van der Waals surface area contributed by atoms with Crippen LogP contribution >= 0.6 is 0 Å². The molecule has 7 heteroatoms. The lowest BCUT2D eigenvalue weighted by atomic mass is 10.1. The molecule has 0 radical (unpaired) electrons. The van der Waals surface area contributed by atoms with Crippen LogP contribution in [0.5, 0.6) is 5.75 Å². The highest BCUT2D eigenvalue weighted by Gasteiger charge is 2.11. The number of nitrogens with zero attached hydrogens (tertiary/aromatic N) is 2. The lowest BCUT2D eigenvalue weighted by Gasteiger charge is -2.05. The maximum atomic E-state index is 11.0. The lowest BCUT2D eigenvalue weighted by molar-refractivity contribution is 0.0688. The summed E-state index contributed by atoms with van der Waals surface area (Å²) in [7, 11) is 0. The van der Waals surface area contributed by atoms with Crippen molar-refractivity contribution in [2.75, 3.05) is 0 Å². The molecule has 5 rings (SSSR count). The molecule has 3 aromatic carbocycles. The van der Waals surface area contributed by atoms with Crippen molar-refractivity contribution < 1.29 is 24.9 Å². The molecular formula is C32H32N2O5. The number of carboxylic acid groups (broad SMARTS) is 2. The number of rotatable bonds is 2. The predicted molar refractivity (Wildman–Crippen MR) is 154 cm³/mol. The zero-order valence-corrected chi connectivity index (χ0v) is 22.9. The number of hydrogen-bond donors (Lipinski definition) is 3. The van der Waals surface area contributed by atoms with Gasteiger partial charge in [-0.25, -0.2) is 9.59 Å². The van der Waals surface area contributed by atoms with E-state index in [0.717, 1.165) is 44.4 Å². The molecule has 3 N–H and O–H groups in total. The average molecular weight is 525 g/mol. The van der Waals surface area contributed by atoms with Crippen molar-refractivity contribution in [1.82, 2.24) is 9.97 Å². The number of pyridine rings is 2. The number of aryl methyl sites for hydroxylation is 6. The first-order valence-corrected chi connectivity index (χ1v) is 12.3. The van der Waals surface area contributed by atoms with E-state index in [1.165, 1.54) is 0 Å². The first-order chi connectivity index (χ1) is 18.4. The first kappa shape index (κ1) is 28.8. The number of aromatic carboxylic acids is 2. The molecule has 0 aliphatic heterocycles. The van der Waals surface area contributed by atoms with Crippen LogP contribution < -0.4 is 0 Å². The second kappa shape index (κ2) is 12.2. The summed E-state index contributed by atoms with van der Waals surface area (Å²) in [5, 5.41) is 28.8. The number of phenols is 1. The third kappa shape index (κ3) is 7.17. The number of carboxylic acids is 2. The standard InChI is InChI=1S/2C12H11NO2.C8H10O/c2*1-7-6-8(2)13-11-9(7)4-3-5-10(11)12(14)15;1-6-3-7(2)5-8(9)4-6/h2*3-6H,1-2H3,(H,14,15);3-5,9H,1-2H3. The van der Waals surface area contributed by atoms with Crippen LogP contribution in [-0.2, 0) is 0 Å². The van der Waals surface area contributed by atoms with Crippen molar-refractivity contribution in [2.24, 2.45) is 0 Å². The van der Waals surface area contributed by atoms with Crippen molar-refractivity contribution >= 4 is 33.7 Å². The van der Waals surface area contributed by atoms with E-state index in [1.807, 2.05) is 71.9 Å². The fourth-order valence-corrected chi connectivity index (χ4v) is 4.46. The minimum absolute atomic E-state index is 0.263. The van der Waals surface area contributed by atoms with Gasteiger partial charge in [-0.05, 0) is 100 Å². The maximum Gasteiger partial charge on any atom is 0.337 e. The van der Waals surface area contributed by atoms with Gasteiger partial charge in [0.25, 0.3) is 0 Å². The summed E-state index contributed by atoms with van der Waals surface area (Å²) < 4.78 is 0. The number of phenolic OH excluding ortho intramolecular Hbond substituents is 1. The van der Waals surface area contributed by atoms with Gasteiger partial charge in [0.2, 0.25) is 0 Å². The largest absolute Gasteiger partial charge is 0.508 e. The van der Waals surface area contributed by atoms with Crippen molar-refractivity contribution in [1.29, 1.82) is 0 Å². The van der Waals surface area contributed by atoms with Gasteiger partial charge in [0.15, 0.2) is 0 Å². The molecule has 2 heterocycles. The number of aromatic nitrogens is 2. The molecule has 0 atom stereocenters. The monoisotopic (exact) mass is 524 g/mol. The van der Waals surface area contributed by atoms with E-state index < -0.39 is 11.9 Å². The van der Waals surface area contributed by atoms with Crippen LogP contribution in [0.1, 0.15) is 54.4 Å². The van der Waals surface area contributed by atoms with Crippen LogP contribution in [-0.4, -0.2) is 37.2 Å². The summed E-state index contributed by atoms with van der Waals surface area (Å²) in [6.07, 6.45) is 0. The number of fused-ring (bicyclic) bond motifs is 2. The molecule has 0 bridgehead atoms. The van der Waals surface area contributed by atoms with Gasteiger partial charge in [-0.3, -0.25) is 9.97 Å². The van der Waals surface area contributed by atoms with E-state index in [2.05, 4.69) is 9.97 Å². The molecule has 0 saturated carbocycles. The Bertz CT molecular complexity index is 1540. The van der Waals surface area contributed by atoms with Crippen molar-refractivity contribution in [2.45, 2.75) is 41.5 Å². The van der Waals surface area contributed by atoms with E-state index in [-0.39, 0.29) is 11.1 Å². The molecule has 0 spiro atoms. The minimum atomic E-state index is -0.932. The van der Waals surface area contributed by atoms with E-state index in [9.17, 15) is 9.59 Å². The van der Waals surface area contributed by atoms with Crippen molar-refractivity contribution in [3.8, 4) is 5.75 Å². The van der Waals surface area contributed by atoms with Gasteiger partial charge < -0.3 is 15.3 Å². The highest BCUT2D eigenvalue weighted by Crippen LogP contribution is 2.22. The second-order valence-corrected chi connectivity index (χ2v) is 9.52. The molecular weight excluding hydrogens is 492 g/mol. The SMILES string of the molecule is Cc1cc(C)c2cccc(C(=O)O)c2n1.Cc1cc(C)c2cccc(C(=O)O)c2n1.Cc1cc(C)cc(O)c1. The Morgan fingerprint density at radius 1 is 0.590 bits per heavy atom. The number of hydrogen-bond acceptors (Lipinski definition) is 5. The number of carbonyl (C=O) groups is 2. The molecule has 200 valence electrons. The van der Waals surface area contributed by atoms with Crippen LogP contribution in [0.3, 0.4) is 0 Å². The third-order valence-electron chi connectivity index (χ3n) is 6.02. The van der Waals surface area contributed by atoms with Crippen LogP contribution in [0, 0.1) is 41.5 Å². The van der Waals surface area contributed by atoms with Gasteiger partial charge in [0.05, 0.1) is 22.2 Å². The summed E-state index contributed by atoms with van der Waals surface area (Å²) in [5.41, 5.74) is 7.67. The fourth-order valence-electron chi connectivity index (χ4n) is 4.46. The predicted octanol–water partition coefficient (Wildman–Crippen LogP) is 7.11. The minimum Gasteiger partial charge on any atom is -0.508 e. The van der Waals surface area contributed by atoms with Crippen molar-refractivity contribution in [3.05, 3.63) is 111 Å². The van der Waals surface area contributed by atoms with Crippen LogP contribution in [0.4, 0.5) is 0 Å². The first-order valence-electron chi connectivity index (χ1n) is 12.3. The lowest BCUT2D eigenvalue weighted by Crippen LogP contribution is -2.00. The number of aromatic hydroxyl groups is 1. The van der Waals surface area contributed by atoms with E-state index in [4.69, 9.17) is 15.3 Å². The smallest absolute Gasteiger partial charge is 0.337 e.